The number of amides is 1. The zero-order valence-corrected chi connectivity index (χ0v) is 20.4. The Balaban J connectivity index is 1.47. The molecular formula is C24H25N9O3. The maximum Gasteiger partial charge on any atom is 0.222 e. The summed E-state index contributed by atoms with van der Waals surface area (Å²) in [4.78, 5) is 24.4. The quantitative estimate of drug-likeness (QED) is 0.433. The summed E-state index contributed by atoms with van der Waals surface area (Å²) < 4.78 is 15.3. The van der Waals surface area contributed by atoms with Gasteiger partial charge in [0.05, 0.1) is 26.0 Å². The number of nitriles is 1. The van der Waals surface area contributed by atoms with Crippen LogP contribution in [0.5, 0.6) is 11.5 Å². The molecule has 1 aliphatic rings. The highest BCUT2D eigenvalue weighted by atomic mass is 16.5. The summed E-state index contributed by atoms with van der Waals surface area (Å²) in [6.45, 7) is 7.53. The fourth-order valence-electron chi connectivity index (χ4n) is 4.16. The van der Waals surface area contributed by atoms with Crippen molar-refractivity contribution < 1.29 is 14.3 Å². The van der Waals surface area contributed by atoms with Crippen molar-refractivity contribution in [3.05, 3.63) is 41.9 Å². The first-order chi connectivity index (χ1) is 17.2. The summed E-state index contributed by atoms with van der Waals surface area (Å²) in [5.41, 5.74) is 2.09. The van der Waals surface area contributed by atoms with E-state index in [0.29, 0.717) is 54.3 Å². The van der Waals surface area contributed by atoms with Gasteiger partial charge in [-0.2, -0.15) is 15.3 Å². The molecule has 2 N–H and O–H groups in total. The summed E-state index contributed by atoms with van der Waals surface area (Å²) in [7, 11) is 1.80. The summed E-state index contributed by atoms with van der Waals surface area (Å²) in [5, 5.41) is 20.5. The van der Waals surface area contributed by atoms with Gasteiger partial charge in [0.15, 0.2) is 17.2 Å². The average molecular weight is 488 g/mol. The van der Waals surface area contributed by atoms with Crippen LogP contribution in [0.3, 0.4) is 0 Å². The molecule has 1 amide bonds. The molecule has 1 aliphatic heterocycles. The number of imidazole rings is 1. The minimum Gasteiger partial charge on any atom is -0.454 e. The molecule has 0 saturated carbocycles. The molecule has 0 aliphatic carbocycles. The van der Waals surface area contributed by atoms with E-state index in [1.165, 1.54) is 19.3 Å². The van der Waals surface area contributed by atoms with Gasteiger partial charge in [0.1, 0.15) is 28.7 Å². The highest BCUT2D eigenvalue weighted by Crippen LogP contribution is 2.33. The van der Waals surface area contributed by atoms with Gasteiger partial charge in [-0.25, -0.2) is 9.97 Å². The van der Waals surface area contributed by atoms with Crippen molar-refractivity contribution in [3.63, 3.8) is 0 Å². The molecular weight excluding hydrogens is 462 g/mol. The number of ether oxygens (including phenoxy) is 2. The number of aryl methyl sites for hydroxylation is 1. The molecule has 5 rings (SSSR count). The third-order valence-corrected chi connectivity index (χ3v) is 5.86. The van der Waals surface area contributed by atoms with Crippen LogP contribution in [0.2, 0.25) is 0 Å². The summed E-state index contributed by atoms with van der Waals surface area (Å²) in [5.74, 6) is 1.89. The van der Waals surface area contributed by atoms with Gasteiger partial charge in [-0.3, -0.25) is 9.48 Å². The number of aromatic nitrogens is 6. The van der Waals surface area contributed by atoms with Crippen molar-refractivity contribution in [3.8, 4) is 17.6 Å². The summed E-state index contributed by atoms with van der Waals surface area (Å²) in [6, 6.07) is 7.40. The normalized spacial score (nSPS) is 14.5. The lowest BCUT2D eigenvalue weighted by atomic mass is 9.90. The number of anilines is 3. The van der Waals surface area contributed by atoms with Crippen LogP contribution < -0.4 is 15.4 Å². The first-order valence-electron chi connectivity index (χ1n) is 11.4. The molecule has 12 nitrogen and oxygen atoms in total. The first-order valence-corrected chi connectivity index (χ1v) is 11.4. The third-order valence-electron chi connectivity index (χ3n) is 5.86. The minimum atomic E-state index is -0.249. The fourth-order valence-corrected chi connectivity index (χ4v) is 4.16. The zero-order chi connectivity index (χ0) is 25.4. The van der Waals surface area contributed by atoms with Crippen LogP contribution in [0.1, 0.15) is 32.0 Å². The van der Waals surface area contributed by atoms with Gasteiger partial charge in [0, 0.05) is 43.4 Å². The van der Waals surface area contributed by atoms with Crippen LogP contribution in [-0.4, -0.2) is 48.4 Å². The number of hydrogen-bond acceptors (Lipinski definition) is 9. The predicted molar refractivity (Wildman–Crippen MR) is 131 cm³/mol. The average Bonchev–Trinajstić information content (AvgIpc) is 3.34. The zero-order valence-electron chi connectivity index (χ0n) is 20.4. The Hall–Kier alpha value is -4.50. The number of nitrogens with one attached hydrogen (secondary N) is 2. The topological polar surface area (TPSA) is 145 Å². The van der Waals surface area contributed by atoms with Crippen LogP contribution in [0.4, 0.5) is 17.6 Å². The Labute approximate surface area is 206 Å². The summed E-state index contributed by atoms with van der Waals surface area (Å²) in [6.07, 6.45) is 2.96. The predicted octanol–water partition coefficient (Wildman–Crippen LogP) is 3.23. The molecule has 0 radical (unpaired) electrons. The number of hydrogen-bond donors (Lipinski definition) is 2. The van der Waals surface area contributed by atoms with Gasteiger partial charge >= 0.3 is 0 Å². The number of nitrogens with zero attached hydrogens (tertiary/aromatic N) is 7. The molecule has 4 aromatic heterocycles. The van der Waals surface area contributed by atoms with Crippen LogP contribution in [0.25, 0.3) is 11.2 Å². The van der Waals surface area contributed by atoms with Gasteiger partial charge in [0.25, 0.3) is 0 Å². The van der Waals surface area contributed by atoms with E-state index >= 15 is 0 Å². The molecule has 0 unspecified atom stereocenters. The Bertz CT molecular complexity index is 1510. The second-order valence-electron chi connectivity index (χ2n) is 9.14. The Morgan fingerprint density at radius 1 is 1.28 bits per heavy atom. The molecule has 0 saturated heterocycles. The van der Waals surface area contributed by atoms with Crippen molar-refractivity contribution in [1.29, 1.82) is 5.26 Å². The molecule has 0 spiro atoms. The second-order valence-corrected chi connectivity index (χ2v) is 9.14. The second kappa shape index (κ2) is 8.94. The number of rotatable bonds is 5. The van der Waals surface area contributed by atoms with E-state index in [2.05, 4.69) is 50.6 Å². The third kappa shape index (κ3) is 4.32. The van der Waals surface area contributed by atoms with Gasteiger partial charge in [0.2, 0.25) is 11.9 Å². The number of carbonyl (C=O) groups is 1. The lowest BCUT2D eigenvalue weighted by Gasteiger charge is -2.21. The van der Waals surface area contributed by atoms with Gasteiger partial charge in [-0.05, 0) is 6.07 Å². The monoisotopic (exact) mass is 487 g/mol. The van der Waals surface area contributed by atoms with Crippen LogP contribution in [-0.2, 0) is 28.5 Å². The van der Waals surface area contributed by atoms with Crippen LogP contribution in [0.15, 0.2) is 30.6 Å². The molecule has 5 heterocycles. The van der Waals surface area contributed by atoms with E-state index < -0.39 is 0 Å². The minimum absolute atomic E-state index is 0.176. The molecule has 0 aromatic carbocycles. The van der Waals surface area contributed by atoms with Gasteiger partial charge in [-0.15, -0.1) is 0 Å². The maximum atomic E-state index is 11.3. The van der Waals surface area contributed by atoms with Crippen molar-refractivity contribution >= 4 is 34.7 Å². The smallest absolute Gasteiger partial charge is 0.222 e. The maximum absolute atomic E-state index is 11.3. The lowest BCUT2D eigenvalue weighted by molar-refractivity contribution is -0.114. The molecule has 0 fully saturated rings. The summed E-state index contributed by atoms with van der Waals surface area (Å²) >= 11 is 0. The largest absolute Gasteiger partial charge is 0.454 e. The molecule has 0 atom stereocenters. The Morgan fingerprint density at radius 2 is 2.11 bits per heavy atom. The highest BCUT2D eigenvalue weighted by molar-refractivity contribution is 5.88. The SMILES string of the molecule is CC(=O)Nc1cc(Oc2cnc3nc(Nc4cc5n(n4)CCOCC5(C)C)n(C)c3c2C#N)ccn1. The first kappa shape index (κ1) is 23.3. The molecule has 184 valence electrons. The molecule has 4 aromatic rings. The molecule has 12 heteroatoms. The van der Waals surface area contributed by atoms with Crippen molar-refractivity contribution in [2.75, 3.05) is 23.8 Å². The van der Waals surface area contributed by atoms with Crippen molar-refractivity contribution in [1.82, 2.24) is 29.3 Å². The van der Waals surface area contributed by atoms with E-state index in [1.54, 1.807) is 23.7 Å². The standard InChI is InChI=1S/C24H25N9O3/c1-14(34)28-19-9-15(5-6-26-19)36-17-12-27-22-21(16(17)11-25)32(4)23(30-22)29-20-10-18-24(2,3)13-35-8-7-33(18)31-20/h5-6,9-10,12H,7-8,13H2,1-4H3,(H,26,28,34)(H,27,29,30,31). The van der Waals surface area contributed by atoms with Gasteiger partial charge < -0.3 is 24.7 Å². The lowest BCUT2D eigenvalue weighted by Crippen LogP contribution is -2.24. The van der Waals surface area contributed by atoms with E-state index in [4.69, 9.17) is 9.47 Å². The van der Waals surface area contributed by atoms with Crippen LogP contribution in [0, 0.1) is 11.3 Å². The van der Waals surface area contributed by atoms with E-state index in [-0.39, 0.29) is 22.6 Å². The Kier molecular flexibility index (Phi) is 5.77. The molecule has 0 bridgehead atoms. The fraction of sp³-hybridized carbons (Fsp3) is 0.333. The number of pyridine rings is 2. The number of carbonyl (C=O) groups excluding carboxylic acids is 1. The van der Waals surface area contributed by atoms with E-state index in [1.807, 2.05) is 10.7 Å². The van der Waals surface area contributed by atoms with E-state index in [9.17, 15) is 10.1 Å². The molecule has 36 heavy (non-hydrogen) atoms. The number of fused-ring (bicyclic) bond motifs is 2. The van der Waals surface area contributed by atoms with Crippen LogP contribution >= 0.6 is 0 Å². The van der Waals surface area contributed by atoms with Crippen molar-refractivity contribution in [2.45, 2.75) is 32.7 Å². The Morgan fingerprint density at radius 3 is 2.89 bits per heavy atom. The van der Waals surface area contributed by atoms with E-state index in [0.717, 1.165) is 5.69 Å². The van der Waals surface area contributed by atoms with Crippen molar-refractivity contribution in [2.24, 2.45) is 7.05 Å². The highest BCUT2D eigenvalue weighted by Gasteiger charge is 2.29. The van der Waals surface area contributed by atoms with Gasteiger partial charge in [-0.1, -0.05) is 13.8 Å².